The molecule has 0 atom stereocenters. The Labute approximate surface area is 114 Å². The van der Waals surface area contributed by atoms with Crippen molar-refractivity contribution in [3.63, 3.8) is 0 Å². The van der Waals surface area contributed by atoms with Crippen LogP contribution in [0.1, 0.15) is 24.6 Å². The number of hydrogen-bond donors (Lipinski definition) is 1. The van der Waals surface area contributed by atoms with Crippen LogP contribution in [-0.2, 0) is 12.7 Å². The fourth-order valence-electron chi connectivity index (χ4n) is 1.66. The van der Waals surface area contributed by atoms with Gasteiger partial charge in [-0.15, -0.1) is 0 Å². The lowest BCUT2D eigenvalue weighted by Crippen LogP contribution is -2.08. The summed E-state index contributed by atoms with van der Waals surface area (Å²) in [6, 6.07) is 4.59. The van der Waals surface area contributed by atoms with Crippen LogP contribution in [0.3, 0.4) is 0 Å². The van der Waals surface area contributed by atoms with Crippen LogP contribution in [0, 0.1) is 0 Å². The summed E-state index contributed by atoms with van der Waals surface area (Å²) < 4.78 is 38.5. The lowest BCUT2D eigenvalue weighted by Gasteiger charge is -2.06. The smallest absolute Gasteiger partial charge is 0.370 e. The molecule has 0 bridgehead atoms. The van der Waals surface area contributed by atoms with Gasteiger partial charge in [-0.2, -0.15) is 18.3 Å². The number of aromatic nitrogens is 3. The number of nitrogens with one attached hydrogen (secondary N) is 1. The molecule has 108 valence electrons. The number of hydrogen-bond acceptors (Lipinski definition) is 3. The molecule has 2 heterocycles. The fourth-order valence-corrected chi connectivity index (χ4v) is 1.66. The van der Waals surface area contributed by atoms with Crippen LogP contribution in [0.5, 0.6) is 0 Å². The summed E-state index contributed by atoms with van der Waals surface area (Å²) in [6.45, 7) is 3.15. The highest BCUT2D eigenvalue weighted by Gasteiger charge is 2.33. The van der Waals surface area contributed by atoms with Crippen LogP contribution in [0.2, 0.25) is 0 Å². The predicted molar refractivity (Wildman–Crippen MR) is 69.3 cm³/mol. The van der Waals surface area contributed by atoms with E-state index in [1.807, 2.05) is 6.07 Å². The zero-order valence-electron chi connectivity index (χ0n) is 11.0. The second-order valence-corrected chi connectivity index (χ2v) is 4.37. The van der Waals surface area contributed by atoms with Gasteiger partial charge in [-0.1, -0.05) is 13.0 Å². The molecule has 2 aromatic heterocycles. The van der Waals surface area contributed by atoms with E-state index in [1.165, 1.54) is 10.9 Å². The summed E-state index contributed by atoms with van der Waals surface area (Å²) in [6.07, 6.45) is -0.465. The molecule has 2 rings (SSSR count). The molecule has 0 fully saturated rings. The maximum Gasteiger partial charge on any atom is 0.435 e. The first-order valence-corrected chi connectivity index (χ1v) is 6.28. The number of alkyl halides is 3. The quantitative estimate of drug-likeness (QED) is 0.917. The summed E-state index contributed by atoms with van der Waals surface area (Å²) in [5, 5.41) is 6.62. The maximum absolute atomic E-state index is 12.4. The molecule has 0 saturated heterocycles. The lowest BCUT2D eigenvalue weighted by atomic mass is 10.3. The summed E-state index contributed by atoms with van der Waals surface area (Å²) in [5.41, 5.74) is -0.0874. The van der Waals surface area contributed by atoms with E-state index in [-0.39, 0.29) is 6.54 Å². The minimum absolute atomic E-state index is 0.261. The molecule has 0 spiro atoms. The first-order valence-electron chi connectivity index (χ1n) is 6.28. The molecule has 4 nitrogen and oxygen atoms in total. The highest BCUT2D eigenvalue weighted by Crippen LogP contribution is 2.27. The van der Waals surface area contributed by atoms with Crippen molar-refractivity contribution >= 4 is 5.82 Å². The second-order valence-electron chi connectivity index (χ2n) is 4.37. The summed E-state index contributed by atoms with van der Waals surface area (Å²) in [5.74, 6) is 0.757. The molecule has 0 unspecified atom stereocenters. The molecule has 1 N–H and O–H groups in total. The molecule has 2 aromatic rings. The molecule has 0 aliphatic carbocycles. The Morgan fingerprint density at radius 2 is 2.05 bits per heavy atom. The van der Waals surface area contributed by atoms with Gasteiger partial charge >= 0.3 is 6.18 Å². The van der Waals surface area contributed by atoms with E-state index in [0.29, 0.717) is 0 Å². The van der Waals surface area contributed by atoms with Crippen LogP contribution in [0.25, 0.3) is 0 Å². The SMILES string of the molecule is CCCNc1ccc(Cn2ccc(C(F)(F)F)n2)cn1. The fraction of sp³-hybridized carbons (Fsp3) is 0.385. The summed E-state index contributed by atoms with van der Waals surface area (Å²) in [7, 11) is 0. The molecule has 7 heteroatoms. The average Bonchev–Trinajstić information content (AvgIpc) is 2.86. The van der Waals surface area contributed by atoms with E-state index in [9.17, 15) is 13.2 Å². The minimum atomic E-state index is -4.41. The van der Waals surface area contributed by atoms with Crippen molar-refractivity contribution in [3.8, 4) is 0 Å². The Balaban J connectivity index is 2.01. The van der Waals surface area contributed by atoms with Crippen molar-refractivity contribution in [3.05, 3.63) is 41.9 Å². The highest BCUT2D eigenvalue weighted by molar-refractivity contribution is 5.35. The summed E-state index contributed by atoms with van der Waals surface area (Å²) in [4.78, 5) is 4.19. The van der Waals surface area contributed by atoms with Gasteiger partial charge < -0.3 is 5.32 Å². The van der Waals surface area contributed by atoms with Gasteiger partial charge in [-0.25, -0.2) is 4.98 Å². The van der Waals surface area contributed by atoms with Crippen molar-refractivity contribution in [1.29, 1.82) is 0 Å². The third-order valence-corrected chi connectivity index (χ3v) is 2.66. The molecular formula is C13H15F3N4. The monoisotopic (exact) mass is 284 g/mol. The Bertz CT molecular complexity index is 545. The van der Waals surface area contributed by atoms with Gasteiger partial charge in [0.15, 0.2) is 5.69 Å². The molecule has 0 saturated carbocycles. The molecule has 0 amide bonds. The Morgan fingerprint density at radius 3 is 2.60 bits per heavy atom. The third kappa shape index (κ3) is 3.72. The molecule has 20 heavy (non-hydrogen) atoms. The van der Waals surface area contributed by atoms with Crippen molar-refractivity contribution in [2.24, 2.45) is 0 Å². The van der Waals surface area contributed by atoms with E-state index in [4.69, 9.17) is 0 Å². The average molecular weight is 284 g/mol. The van der Waals surface area contributed by atoms with Crippen LogP contribution in [0.4, 0.5) is 19.0 Å². The van der Waals surface area contributed by atoms with Crippen molar-refractivity contribution in [2.45, 2.75) is 26.1 Å². The Morgan fingerprint density at radius 1 is 1.25 bits per heavy atom. The lowest BCUT2D eigenvalue weighted by molar-refractivity contribution is -0.141. The number of halogens is 3. The van der Waals surface area contributed by atoms with Crippen LogP contribution < -0.4 is 5.32 Å². The topological polar surface area (TPSA) is 42.7 Å². The number of anilines is 1. The van der Waals surface area contributed by atoms with E-state index >= 15 is 0 Å². The zero-order valence-corrected chi connectivity index (χ0v) is 11.0. The zero-order chi connectivity index (χ0) is 14.6. The van der Waals surface area contributed by atoms with Gasteiger partial charge in [0.2, 0.25) is 0 Å². The summed E-state index contributed by atoms with van der Waals surface area (Å²) >= 11 is 0. The second kappa shape index (κ2) is 5.94. The molecule has 0 aromatic carbocycles. The van der Waals surface area contributed by atoms with Gasteiger partial charge in [0.05, 0.1) is 6.54 Å². The van der Waals surface area contributed by atoms with Crippen molar-refractivity contribution < 1.29 is 13.2 Å². The Kier molecular flexibility index (Phi) is 4.26. The van der Waals surface area contributed by atoms with E-state index < -0.39 is 11.9 Å². The highest BCUT2D eigenvalue weighted by atomic mass is 19.4. The van der Waals surface area contributed by atoms with Gasteiger partial charge in [-0.3, -0.25) is 4.68 Å². The van der Waals surface area contributed by atoms with E-state index in [2.05, 4.69) is 22.3 Å². The van der Waals surface area contributed by atoms with Crippen molar-refractivity contribution in [1.82, 2.24) is 14.8 Å². The normalized spacial score (nSPS) is 11.6. The first-order chi connectivity index (χ1) is 9.49. The molecule has 0 radical (unpaired) electrons. The van der Waals surface area contributed by atoms with Crippen molar-refractivity contribution in [2.75, 3.05) is 11.9 Å². The van der Waals surface area contributed by atoms with E-state index in [1.54, 1.807) is 12.3 Å². The predicted octanol–water partition coefficient (Wildman–Crippen LogP) is 3.17. The van der Waals surface area contributed by atoms with Gasteiger partial charge in [0, 0.05) is 18.9 Å². The first kappa shape index (κ1) is 14.4. The maximum atomic E-state index is 12.4. The van der Waals surface area contributed by atoms with Crippen LogP contribution >= 0.6 is 0 Å². The van der Waals surface area contributed by atoms with Gasteiger partial charge in [0.25, 0.3) is 0 Å². The Hall–Kier alpha value is -2.05. The molecule has 0 aliphatic heterocycles. The van der Waals surface area contributed by atoms with E-state index in [0.717, 1.165) is 30.4 Å². The van der Waals surface area contributed by atoms with Crippen LogP contribution in [-0.4, -0.2) is 21.3 Å². The standard InChI is InChI=1S/C13H15F3N4/c1-2-6-17-12-4-3-10(8-18-12)9-20-7-5-11(19-20)13(14,15)16/h3-5,7-8H,2,6,9H2,1H3,(H,17,18). The molecule has 0 aliphatic rings. The number of rotatable bonds is 5. The number of nitrogens with zero attached hydrogens (tertiary/aromatic N) is 3. The van der Waals surface area contributed by atoms with Crippen LogP contribution in [0.15, 0.2) is 30.6 Å². The number of pyridine rings is 1. The third-order valence-electron chi connectivity index (χ3n) is 2.66. The largest absolute Gasteiger partial charge is 0.435 e. The van der Waals surface area contributed by atoms with Gasteiger partial charge in [-0.05, 0) is 24.1 Å². The molecular weight excluding hydrogens is 269 g/mol. The van der Waals surface area contributed by atoms with Gasteiger partial charge in [0.1, 0.15) is 5.82 Å². The minimum Gasteiger partial charge on any atom is -0.370 e.